The van der Waals surface area contributed by atoms with E-state index in [1.54, 1.807) is 28.0 Å². The first-order valence-electron chi connectivity index (χ1n) is 8.17. The topological polar surface area (TPSA) is 49.9 Å². The van der Waals surface area contributed by atoms with Crippen molar-refractivity contribution >= 4 is 35.0 Å². The zero-order chi connectivity index (χ0) is 17.1. The van der Waals surface area contributed by atoms with E-state index in [0.717, 1.165) is 12.8 Å². The fourth-order valence-corrected chi connectivity index (χ4v) is 3.65. The minimum Gasteiger partial charge on any atom is -0.368 e. The summed E-state index contributed by atoms with van der Waals surface area (Å²) in [7, 11) is 0. The maximum absolute atomic E-state index is 12.5. The summed E-state index contributed by atoms with van der Waals surface area (Å²) in [5.74, 6) is 0.0305. The van der Waals surface area contributed by atoms with Gasteiger partial charge in [-0.05, 0) is 30.5 Å². The van der Waals surface area contributed by atoms with E-state index in [0.29, 0.717) is 48.4 Å². The maximum atomic E-state index is 12.5. The van der Waals surface area contributed by atoms with E-state index in [9.17, 15) is 9.59 Å². The van der Waals surface area contributed by atoms with Crippen LogP contribution in [0.3, 0.4) is 0 Å². The highest BCUT2D eigenvalue weighted by Crippen LogP contribution is 2.25. The van der Waals surface area contributed by atoms with Crippen molar-refractivity contribution in [2.45, 2.75) is 25.4 Å². The summed E-state index contributed by atoms with van der Waals surface area (Å²) < 4.78 is 5.45. The predicted octanol–water partition coefficient (Wildman–Crippen LogP) is 2.39. The number of nitrogens with zero attached hydrogens (tertiary/aromatic N) is 2. The lowest BCUT2D eigenvalue weighted by Gasteiger charge is -2.35. The maximum Gasteiger partial charge on any atom is 0.251 e. The minimum absolute atomic E-state index is 0.0192. The van der Waals surface area contributed by atoms with Gasteiger partial charge in [0.15, 0.2) is 0 Å². The number of piperazine rings is 1. The molecule has 0 aliphatic carbocycles. The summed E-state index contributed by atoms with van der Waals surface area (Å²) in [4.78, 5) is 28.4. The number of amides is 2. The van der Waals surface area contributed by atoms with E-state index in [2.05, 4.69) is 0 Å². The van der Waals surface area contributed by atoms with Crippen molar-refractivity contribution in [1.82, 2.24) is 9.80 Å². The summed E-state index contributed by atoms with van der Waals surface area (Å²) in [6.45, 7) is 2.80. The number of benzene rings is 1. The van der Waals surface area contributed by atoms with Crippen LogP contribution in [-0.4, -0.2) is 60.5 Å². The molecule has 0 aromatic heterocycles. The van der Waals surface area contributed by atoms with Crippen molar-refractivity contribution < 1.29 is 14.3 Å². The highest BCUT2D eigenvalue weighted by molar-refractivity contribution is 6.36. The average molecular weight is 371 g/mol. The van der Waals surface area contributed by atoms with Gasteiger partial charge in [0.2, 0.25) is 5.91 Å². The van der Waals surface area contributed by atoms with E-state index in [1.165, 1.54) is 0 Å². The van der Waals surface area contributed by atoms with Crippen LogP contribution in [0.1, 0.15) is 18.4 Å². The van der Waals surface area contributed by atoms with Crippen LogP contribution >= 0.6 is 23.2 Å². The molecule has 2 aliphatic heterocycles. The molecule has 2 amide bonds. The summed E-state index contributed by atoms with van der Waals surface area (Å²) in [5, 5.41) is 1.01. The molecule has 1 atom stereocenters. The van der Waals surface area contributed by atoms with Gasteiger partial charge in [-0.2, -0.15) is 0 Å². The molecular formula is C17H20Cl2N2O3. The Morgan fingerprint density at radius 2 is 1.71 bits per heavy atom. The van der Waals surface area contributed by atoms with Crippen molar-refractivity contribution in [3.63, 3.8) is 0 Å². The number of carbonyl (C=O) groups excluding carboxylic acids is 2. The van der Waals surface area contributed by atoms with E-state index < -0.39 is 0 Å². The standard InChI is InChI=1S/C17H20Cl2N2O3/c18-13-3-1-4-14(19)12(13)11-16(22)20-6-8-21(9-7-20)17(23)15-5-2-10-24-15/h1,3-4,15H,2,5-11H2. The lowest BCUT2D eigenvalue weighted by atomic mass is 10.1. The van der Waals surface area contributed by atoms with Crippen LogP contribution in [0.15, 0.2) is 18.2 Å². The van der Waals surface area contributed by atoms with Crippen LogP contribution < -0.4 is 0 Å². The molecule has 0 saturated carbocycles. The number of hydrogen-bond acceptors (Lipinski definition) is 3. The number of rotatable bonds is 3. The van der Waals surface area contributed by atoms with E-state index in [1.807, 2.05) is 0 Å². The van der Waals surface area contributed by atoms with E-state index >= 15 is 0 Å². The Bertz CT molecular complexity index is 604. The fourth-order valence-electron chi connectivity index (χ4n) is 3.12. The van der Waals surface area contributed by atoms with Crippen LogP contribution in [0, 0.1) is 0 Å². The van der Waals surface area contributed by atoms with Crippen LogP contribution in [0.25, 0.3) is 0 Å². The molecule has 0 N–H and O–H groups in total. The molecule has 5 nitrogen and oxygen atoms in total. The van der Waals surface area contributed by atoms with Crippen LogP contribution in [-0.2, 0) is 20.7 Å². The Labute approximate surface area is 151 Å². The van der Waals surface area contributed by atoms with Gasteiger partial charge in [0.05, 0.1) is 6.42 Å². The molecule has 1 aromatic carbocycles. The smallest absolute Gasteiger partial charge is 0.251 e. The molecule has 0 bridgehead atoms. The van der Waals surface area contributed by atoms with Gasteiger partial charge in [0.1, 0.15) is 6.10 Å². The highest BCUT2D eigenvalue weighted by Gasteiger charge is 2.31. The van der Waals surface area contributed by atoms with Gasteiger partial charge in [-0.25, -0.2) is 0 Å². The lowest BCUT2D eigenvalue weighted by Crippen LogP contribution is -2.53. The monoisotopic (exact) mass is 370 g/mol. The molecule has 0 spiro atoms. The van der Waals surface area contributed by atoms with Crippen LogP contribution in [0.2, 0.25) is 10.0 Å². The SMILES string of the molecule is O=C(Cc1c(Cl)cccc1Cl)N1CCN(C(=O)C2CCCO2)CC1. The third-order valence-corrected chi connectivity index (χ3v) is 5.25. The second-order valence-electron chi connectivity index (χ2n) is 6.08. The molecule has 130 valence electrons. The number of halogens is 2. The van der Waals surface area contributed by atoms with Gasteiger partial charge in [-0.1, -0.05) is 29.3 Å². The van der Waals surface area contributed by atoms with E-state index in [4.69, 9.17) is 27.9 Å². The quantitative estimate of drug-likeness (QED) is 0.820. The van der Waals surface area contributed by atoms with Gasteiger partial charge < -0.3 is 14.5 Å². The zero-order valence-electron chi connectivity index (χ0n) is 13.3. The fraction of sp³-hybridized carbons (Fsp3) is 0.529. The van der Waals surface area contributed by atoms with Gasteiger partial charge >= 0.3 is 0 Å². The molecule has 24 heavy (non-hydrogen) atoms. The Kier molecular flexibility index (Phi) is 5.64. The summed E-state index contributed by atoms with van der Waals surface area (Å²) in [5.41, 5.74) is 0.656. The first-order chi connectivity index (χ1) is 11.6. The normalized spacial score (nSPS) is 21.2. The zero-order valence-corrected chi connectivity index (χ0v) is 14.9. The minimum atomic E-state index is -0.297. The third-order valence-electron chi connectivity index (χ3n) is 4.54. The molecule has 2 heterocycles. The van der Waals surface area contributed by atoms with Gasteiger partial charge in [0, 0.05) is 42.8 Å². The van der Waals surface area contributed by atoms with E-state index in [-0.39, 0.29) is 24.3 Å². The second-order valence-corrected chi connectivity index (χ2v) is 6.90. The van der Waals surface area contributed by atoms with Gasteiger partial charge in [-0.15, -0.1) is 0 Å². The average Bonchev–Trinajstić information content (AvgIpc) is 3.12. The highest BCUT2D eigenvalue weighted by atomic mass is 35.5. The first-order valence-corrected chi connectivity index (χ1v) is 8.93. The van der Waals surface area contributed by atoms with Crippen LogP contribution in [0.4, 0.5) is 0 Å². The first kappa shape index (κ1) is 17.5. The summed E-state index contributed by atoms with van der Waals surface area (Å²) in [6, 6.07) is 5.22. The van der Waals surface area contributed by atoms with Crippen molar-refractivity contribution in [3.05, 3.63) is 33.8 Å². The molecule has 3 rings (SSSR count). The Morgan fingerprint density at radius 3 is 2.29 bits per heavy atom. The molecule has 2 aliphatic rings. The van der Waals surface area contributed by atoms with Crippen molar-refractivity contribution in [2.75, 3.05) is 32.8 Å². The summed E-state index contributed by atoms with van der Waals surface area (Å²) >= 11 is 12.3. The van der Waals surface area contributed by atoms with Crippen molar-refractivity contribution in [3.8, 4) is 0 Å². The molecule has 0 radical (unpaired) electrons. The second kappa shape index (κ2) is 7.72. The Hall–Kier alpha value is -1.30. The molecule has 2 saturated heterocycles. The molecular weight excluding hydrogens is 351 g/mol. The molecule has 2 fully saturated rings. The van der Waals surface area contributed by atoms with Gasteiger partial charge in [-0.3, -0.25) is 9.59 Å². The lowest BCUT2D eigenvalue weighted by molar-refractivity contribution is -0.145. The predicted molar refractivity (Wildman–Crippen MR) is 92.3 cm³/mol. The molecule has 1 unspecified atom stereocenters. The largest absolute Gasteiger partial charge is 0.368 e. The molecule has 7 heteroatoms. The van der Waals surface area contributed by atoms with Crippen LogP contribution in [0.5, 0.6) is 0 Å². The molecule has 1 aromatic rings. The third kappa shape index (κ3) is 3.85. The number of hydrogen-bond donors (Lipinski definition) is 0. The van der Waals surface area contributed by atoms with Crippen molar-refractivity contribution in [2.24, 2.45) is 0 Å². The van der Waals surface area contributed by atoms with Gasteiger partial charge in [0.25, 0.3) is 5.91 Å². The summed E-state index contributed by atoms with van der Waals surface area (Å²) in [6.07, 6.45) is 1.61. The van der Waals surface area contributed by atoms with Crippen molar-refractivity contribution in [1.29, 1.82) is 0 Å². The number of ether oxygens (including phenoxy) is 1. The Morgan fingerprint density at radius 1 is 1.08 bits per heavy atom. The number of carbonyl (C=O) groups is 2. The Balaban J connectivity index is 1.54.